The van der Waals surface area contributed by atoms with Gasteiger partial charge in [0.05, 0.1) is 10.6 Å². The number of amidine groups is 1. The Morgan fingerprint density at radius 2 is 1.53 bits per heavy atom. The van der Waals surface area contributed by atoms with Crippen LogP contribution in [0.3, 0.4) is 0 Å². The Balaban J connectivity index is 1.68. The van der Waals surface area contributed by atoms with E-state index in [9.17, 15) is 14.4 Å². The van der Waals surface area contributed by atoms with E-state index in [2.05, 4.69) is 10.3 Å². The molecule has 6 nitrogen and oxygen atoms in total. The lowest BCUT2D eigenvalue weighted by Crippen LogP contribution is -2.29. The Hall–Kier alpha value is -3.97. The number of nitrogens with one attached hydrogen (secondary N) is 1. The Kier molecular flexibility index (Phi) is 6.28. The molecule has 7 heteroatoms. The van der Waals surface area contributed by atoms with Crippen LogP contribution in [0, 0.1) is 0 Å². The van der Waals surface area contributed by atoms with Gasteiger partial charge in [-0.05, 0) is 59.8 Å². The van der Waals surface area contributed by atoms with Crippen molar-refractivity contribution in [1.29, 1.82) is 0 Å². The van der Waals surface area contributed by atoms with Crippen LogP contribution in [0.1, 0.15) is 22.8 Å². The molecule has 4 rings (SSSR count). The number of benzene rings is 3. The summed E-state index contributed by atoms with van der Waals surface area (Å²) in [6.07, 6.45) is 1.75. The molecule has 1 N–H and O–H groups in total. The third-order valence-electron chi connectivity index (χ3n) is 4.57. The summed E-state index contributed by atoms with van der Waals surface area (Å²) in [6, 6.07) is 25.0. The molecular formula is C25H19N3O3S. The molecule has 32 heavy (non-hydrogen) atoms. The van der Waals surface area contributed by atoms with Crippen LogP contribution in [0.5, 0.6) is 0 Å². The van der Waals surface area contributed by atoms with Gasteiger partial charge in [-0.2, -0.15) is 4.99 Å². The molecule has 0 unspecified atom stereocenters. The Morgan fingerprint density at radius 3 is 2.16 bits per heavy atom. The Morgan fingerprint density at radius 1 is 0.906 bits per heavy atom. The Labute approximate surface area is 189 Å². The molecule has 3 amide bonds. The lowest BCUT2D eigenvalue weighted by molar-refractivity contribution is -0.114. The largest absolute Gasteiger partial charge is 0.326 e. The second kappa shape index (κ2) is 9.45. The van der Waals surface area contributed by atoms with Gasteiger partial charge in [0.15, 0.2) is 5.17 Å². The van der Waals surface area contributed by atoms with Crippen molar-refractivity contribution in [2.45, 2.75) is 6.92 Å². The minimum atomic E-state index is -0.414. The molecule has 0 atom stereocenters. The third kappa shape index (κ3) is 4.84. The minimum Gasteiger partial charge on any atom is -0.326 e. The van der Waals surface area contributed by atoms with Gasteiger partial charge in [-0.3, -0.25) is 19.3 Å². The van der Waals surface area contributed by atoms with Gasteiger partial charge < -0.3 is 5.32 Å². The number of carbonyl (C=O) groups excluding carboxylic acids is 3. The van der Waals surface area contributed by atoms with Gasteiger partial charge >= 0.3 is 0 Å². The number of amides is 3. The zero-order valence-corrected chi connectivity index (χ0v) is 18.0. The van der Waals surface area contributed by atoms with Gasteiger partial charge in [0.25, 0.3) is 11.8 Å². The van der Waals surface area contributed by atoms with Crippen LogP contribution in [-0.2, 0) is 9.59 Å². The van der Waals surface area contributed by atoms with E-state index in [1.165, 1.54) is 11.8 Å². The molecular weight excluding hydrogens is 422 g/mol. The van der Waals surface area contributed by atoms with E-state index < -0.39 is 5.91 Å². The minimum absolute atomic E-state index is 0.153. The summed E-state index contributed by atoms with van der Waals surface area (Å²) in [5.74, 6) is -0.824. The average molecular weight is 442 g/mol. The summed E-state index contributed by atoms with van der Waals surface area (Å²) in [6.45, 7) is 1.44. The van der Waals surface area contributed by atoms with Gasteiger partial charge in [-0.1, -0.05) is 48.5 Å². The molecule has 0 saturated carbocycles. The molecule has 158 valence electrons. The first kappa shape index (κ1) is 21.3. The highest BCUT2D eigenvalue weighted by molar-refractivity contribution is 8.19. The predicted octanol–water partition coefficient (Wildman–Crippen LogP) is 4.96. The smallest absolute Gasteiger partial charge is 0.279 e. The van der Waals surface area contributed by atoms with Crippen LogP contribution in [0.25, 0.3) is 6.08 Å². The number of rotatable bonds is 4. The van der Waals surface area contributed by atoms with Crippen molar-refractivity contribution < 1.29 is 14.4 Å². The SMILES string of the molecule is CC(=O)Nc1ccc(/C=C2/SC(=NC(=O)c3ccccc3)N(c3ccccc3)C2=O)cc1. The highest BCUT2D eigenvalue weighted by Crippen LogP contribution is 2.36. The summed E-state index contributed by atoms with van der Waals surface area (Å²) >= 11 is 1.15. The van der Waals surface area contributed by atoms with Gasteiger partial charge in [0.2, 0.25) is 5.91 Å². The summed E-state index contributed by atoms with van der Waals surface area (Å²) in [5.41, 5.74) is 2.55. The van der Waals surface area contributed by atoms with Gasteiger partial charge in [0, 0.05) is 18.2 Å². The monoisotopic (exact) mass is 441 g/mol. The molecule has 0 spiro atoms. The fourth-order valence-corrected chi connectivity index (χ4v) is 4.08. The standard InChI is InChI=1S/C25H19N3O3S/c1-17(29)26-20-14-12-18(13-15-20)16-22-24(31)28(21-10-6-3-7-11-21)25(32-22)27-23(30)19-8-4-2-5-9-19/h2-16H,1H3,(H,26,29)/b22-16+,27-25?. The van der Waals surface area contributed by atoms with E-state index in [1.54, 1.807) is 54.6 Å². The van der Waals surface area contributed by atoms with Crippen molar-refractivity contribution in [2.75, 3.05) is 10.2 Å². The number of hydrogen-bond donors (Lipinski definition) is 1. The van der Waals surface area contributed by atoms with Crippen molar-refractivity contribution in [2.24, 2.45) is 4.99 Å². The van der Waals surface area contributed by atoms with Crippen LogP contribution in [0.4, 0.5) is 11.4 Å². The normalized spacial score (nSPS) is 15.9. The maximum Gasteiger partial charge on any atom is 0.279 e. The summed E-state index contributed by atoms with van der Waals surface area (Å²) < 4.78 is 0. The summed E-state index contributed by atoms with van der Waals surface area (Å²) in [7, 11) is 0. The van der Waals surface area contributed by atoms with Crippen molar-refractivity contribution in [1.82, 2.24) is 0 Å². The number of anilines is 2. The van der Waals surface area contributed by atoms with Crippen LogP contribution in [0.2, 0.25) is 0 Å². The first-order valence-electron chi connectivity index (χ1n) is 9.86. The zero-order chi connectivity index (χ0) is 22.5. The maximum absolute atomic E-state index is 13.2. The van der Waals surface area contributed by atoms with E-state index in [0.717, 1.165) is 17.3 Å². The fourth-order valence-electron chi connectivity index (χ4n) is 3.10. The number of nitrogens with zero attached hydrogens (tertiary/aromatic N) is 2. The first-order chi connectivity index (χ1) is 15.5. The first-order valence-corrected chi connectivity index (χ1v) is 10.7. The fraction of sp³-hybridized carbons (Fsp3) is 0.0400. The van der Waals surface area contributed by atoms with E-state index in [1.807, 2.05) is 36.4 Å². The van der Waals surface area contributed by atoms with E-state index in [-0.39, 0.29) is 11.8 Å². The second-order valence-corrected chi connectivity index (χ2v) is 7.96. The maximum atomic E-state index is 13.2. The van der Waals surface area contributed by atoms with Crippen LogP contribution in [-0.4, -0.2) is 22.9 Å². The molecule has 0 aliphatic carbocycles. The molecule has 1 aliphatic heterocycles. The van der Waals surface area contributed by atoms with E-state index in [4.69, 9.17) is 0 Å². The number of thioether (sulfide) groups is 1. The van der Waals surface area contributed by atoms with Crippen molar-refractivity contribution >= 4 is 52.1 Å². The van der Waals surface area contributed by atoms with E-state index in [0.29, 0.717) is 27.0 Å². The number of hydrogen-bond acceptors (Lipinski definition) is 4. The number of carbonyl (C=O) groups is 3. The van der Waals surface area contributed by atoms with Crippen molar-refractivity contribution in [3.8, 4) is 0 Å². The lowest BCUT2D eigenvalue weighted by Gasteiger charge is -2.15. The number of aliphatic imine (C=N–C) groups is 1. The number of para-hydroxylation sites is 1. The molecule has 0 bridgehead atoms. The van der Waals surface area contributed by atoms with E-state index >= 15 is 0 Å². The molecule has 0 aromatic heterocycles. The predicted molar refractivity (Wildman–Crippen MR) is 128 cm³/mol. The zero-order valence-electron chi connectivity index (χ0n) is 17.2. The van der Waals surface area contributed by atoms with Crippen molar-refractivity contribution in [3.05, 3.63) is 101 Å². The van der Waals surface area contributed by atoms with Crippen LogP contribution < -0.4 is 10.2 Å². The molecule has 1 aliphatic rings. The summed E-state index contributed by atoms with van der Waals surface area (Å²) in [5, 5.41) is 3.01. The molecule has 1 heterocycles. The molecule has 0 radical (unpaired) electrons. The second-order valence-electron chi connectivity index (χ2n) is 6.96. The highest BCUT2D eigenvalue weighted by Gasteiger charge is 2.35. The average Bonchev–Trinajstić information content (AvgIpc) is 3.10. The molecule has 1 saturated heterocycles. The topological polar surface area (TPSA) is 78.8 Å². The Bertz CT molecular complexity index is 1220. The van der Waals surface area contributed by atoms with Crippen molar-refractivity contribution in [3.63, 3.8) is 0 Å². The third-order valence-corrected chi connectivity index (χ3v) is 5.54. The van der Waals surface area contributed by atoms with Gasteiger partial charge in [-0.25, -0.2) is 0 Å². The molecule has 3 aromatic carbocycles. The van der Waals surface area contributed by atoms with Gasteiger partial charge in [0.1, 0.15) is 0 Å². The lowest BCUT2D eigenvalue weighted by atomic mass is 10.2. The highest BCUT2D eigenvalue weighted by atomic mass is 32.2. The molecule has 1 fully saturated rings. The summed E-state index contributed by atoms with van der Waals surface area (Å²) in [4.78, 5) is 43.3. The van der Waals surface area contributed by atoms with Crippen LogP contribution in [0.15, 0.2) is 94.8 Å². The molecule has 3 aromatic rings. The van der Waals surface area contributed by atoms with Gasteiger partial charge in [-0.15, -0.1) is 0 Å². The van der Waals surface area contributed by atoms with Crippen LogP contribution >= 0.6 is 11.8 Å². The quantitative estimate of drug-likeness (QED) is 0.580.